The van der Waals surface area contributed by atoms with Gasteiger partial charge in [0.1, 0.15) is 6.04 Å². The average Bonchev–Trinajstić information content (AvgIpc) is 2.77. The van der Waals surface area contributed by atoms with Crippen LogP contribution in [0.5, 0.6) is 0 Å². The first kappa shape index (κ1) is 24.9. The van der Waals surface area contributed by atoms with Gasteiger partial charge < -0.3 is 10.6 Å². The highest BCUT2D eigenvalue weighted by molar-refractivity contribution is 7.89. The highest BCUT2D eigenvalue weighted by atomic mass is 32.2. The third-order valence-corrected chi connectivity index (χ3v) is 7.93. The van der Waals surface area contributed by atoms with Crippen molar-refractivity contribution in [3.63, 3.8) is 0 Å². The monoisotopic (exact) mass is 471 g/mol. The van der Waals surface area contributed by atoms with Crippen LogP contribution in [0.15, 0.2) is 53.4 Å². The standard InChI is InChI=1S/C25H33N3O4S/c1-17(2)23(25(30)26-21-7-5-6-19(4)16-21)27-24(29)20-12-14-28(15-13-20)33(31,32)22-10-8-18(3)9-11-22/h5-11,16-17,20,23H,12-15H2,1-4H3,(H,26,30)(H,27,29). The van der Waals surface area contributed by atoms with E-state index in [0.29, 0.717) is 18.5 Å². The fourth-order valence-corrected chi connectivity index (χ4v) is 5.44. The van der Waals surface area contributed by atoms with E-state index in [-0.39, 0.29) is 41.6 Å². The number of carbonyl (C=O) groups is 2. The van der Waals surface area contributed by atoms with Crippen molar-refractivity contribution in [2.75, 3.05) is 18.4 Å². The molecule has 1 heterocycles. The lowest BCUT2D eigenvalue weighted by Crippen LogP contribution is -2.50. The number of amides is 2. The molecule has 7 nitrogen and oxygen atoms in total. The van der Waals surface area contributed by atoms with Gasteiger partial charge in [0.25, 0.3) is 0 Å². The number of nitrogens with one attached hydrogen (secondary N) is 2. The minimum atomic E-state index is -3.58. The van der Waals surface area contributed by atoms with Crippen molar-refractivity contribution in [1.29, 1.82) is 0 Å². The van der Waals surface area contributed by atoms with E-state index >= 15 is 0 Å². The summed E-state index contributed by atoms with van der Waals surface area (Å²) >= 11 is 0. The van der Waals surface area contributed by atoms with Crippen molar-refractivity contribution in [3.8, 4) is 0 Å². The molecule has 0 radical (unpaired) electrons. The topological polar surface area (TPSA) is 95.6 Å². The number of nitrogens with zero attached hydrogens (tertiary/aromatic N) is 1. The van der Waals surface area contributed by atoms with Gasteiger partial charge >= 0.3 is 0 Å². The molecule has 2 aromatic carbocycles. The number of aryl methyl sites for hydroxylation is 2. The van der Waals surface area contributed by atoms with E-state index in [4.69, 9.17) is 0 Å². The second-order valence-corrected chi connectivity index (χ2v) is 11.0. The van der Waals surface area contributed by atoms with Crippen molar-refractivity contribution in [1.82, 2.24) is 9.62 Å². The van der Waals surface area contributed by atoms with Gasteiger partial charge in [0.2, 0.25) is 21.8 Å². The lowest BCUT2D eigenvalue weighted by Gasteiger charge is -2.32. The van der Waals surface area contributed by atoms with E-state index in [2.05, 4.69) is 10.6 Å². The Morgan fingerprint density at radius 2 is 1.61 bits per heavy atom. The van der Waals surface area contributed by atoms with Crippen LogP contribution < -0.4 is 10.6 Å². The van der Waals surface area contributed by atoms with Gasteiger partial charge in [0, 0.05) is 24.7 Å². The Hall–Kier alpha value is -2.71. The van der Waals surface area contributed by atoms with Gasteiger partial charge in [-0.3, -0.25) is 9.59 Å². The number of anilines is 1. The molecule has 33 heavy (non-hydrogen) atoms. The normalized spacial score (nSPS) is 16.4. The van der Waals surface area contributed by atoms with Crippen molar-refractivity contribution in [2.45, 2.75) is 51.5 Å². The maximum Gasteiger partial charge on any atom is 0.247 e. The number of carbonyl (C=O) groups excluding carboxylic acids is 2. The number of piperidine rings is 1. The Bertz CT molecular complexity index is 1090. The van der Waals surface area contributed by atoms with Crippen LogP contribution in [-0.4, -0.2) is 43.7 Å². The third kappa shape index (κ3) is 6.21. The summed E-state index contributed by atoms with van der Waals surface area (Å²) in [6.07, 6.45) is 0.836. The van der Waals surface area contributed by atoms with Crippen molar-refractivity contribution in [3.05, 3.63) is 59.7 Å². The number of rotatable bonds is 7. The van der Waals surface area contributed by atoms with E-state index in [1.807, 2.05) is 52.0 Å². The Kier molecular flexibility index (Phi) is 7.92. The summed E-state index contributed by atoms with van der Waals surface area (Å²) in [7, 11) is -3.58. The largest absolute Gasteiger partial charge is 0.344 e. The maximum atomic E-state index is 12.9. The third-order valence-electron chi connectivity index (χ3n) is 6.02. The van der Waals surface area contributed by atoms with E-state index < -0.39 is 16.1 Å². The van der Waals surface area contributed by atoms with Gasteiger partial charge in [-0.05, 0) is 62.4 Å². The highest BCUT2D eigenvalue weighted by Gasteiger charge is 2.34. The lowest BCUT2D eigenvalue weighted by atomic mass is 9.95. The van der Waals surface area contributed by atoms with E-state index in [1.54, 1.807) is 24.3 Å². The summed E-state index contributed by atoms with van der Waals surface area (Å²) in [5.74, 6) is -0.896. The van der Waals surface area contributed by atoms with Gasteiger partial charge in [-0.15, -0.1) is 0 Å². The number of hydrogen-bond acceptors (Lipinski definition) is 4. The second-order valence-electron chi connectivity index (χ2n) is 9.08. The molecule has 2 amide bonds. The fraction of sp³-hybridized carbons (Fsp3) is 0.440. The van der Waals surface area contributed by atoms with Gasteiger partial charge in [0.15, 0.2) is 0 Å². The van der Waals surface area contributed by atoms with E-state index in [0.717, 1.165) is 11.1 Å². The molecule has 1 saturated heterocycles. The van der Waals surface area contributed by atoms with Crippen LogP contribution in [-0.2, 0) is 19.6 Å². The quantitative estimate of drug-likeness (QED) is 0.646. The molecule has 1 aliphatic rings. The molecule has 0 bridgehead atoms. The minimum absolute atomic E-state index is 0.0965. The molecule has 1 atom stereocenters. The van der Waals surface area contributed by atoms with Gasteiger partial charge in [-0.1, -0.05) is 43.7 Å². The molecule has 3 rings (SSSR count). The van der Waals surface area contributed by atoms with Gasteiger partial charge in [-0.2, -0.15) is 4.31 Å². The summed E-state index contributed by atoms with van der Waals surface area (Å²) in [6, 6.07) is 13.6. The molecular weight excluding hydrogens is 438 g/mol. The summed E-state index contributed by atoms with van der Waals surface area (Å²) in [6.45, 7) is 8.18. The predicted molar refractivity (Wildman–Crippen MR) is 129 cm³/mol. The summed E-state index contributed by atoms with van der Waals surface area (Å²) < 4.78 is 27.2. The molecule has 1 fully saturated rings. The van der Waals surface area contributed by atoms with Crippen LogP contribution in [0.25, 0.3) is 0 Å². The Labute approximate surface area is 196 Å². The first-order valence-corrected chi connectivity index (χ1v) is 12.8. The zero-order valence-electron chi connectivity index (χ0n) is 19.7. The van der Waals surface area contributed by atoms with Gasteiger partial charge in [0.05, 0.1) is 4.90 Å². The molecule has 0 spiro atoms. The number of sulfonamides is 1. The van der Waals surface area contributed by atoms with Crippen LogP contribution >= 0.6 is 0 Å². The molecule has 8 heteroatoms. The second kappa shape index (κ2) is 10.5. The molecular formula is C25H33N3O4S. The molecule has 1 unspecified atom stereocenters. The molecule has 2 N–H and O–H groups in total. The smallest absolute Gasteiger partial charge is 0.247 e. The molecule has 2 aromatic rings. The summed E-state index contributed by atoms with van der Waals surface area (Å²) in [5, 5.41) is 5.77. The van der Waals surface area contributed by atoms with Crippen molar-refractivity contribution >= 4 is 27.5 Å². The fourth-order valence-electron chi connectivity index (χ4n) is 3.97. The van der Waals surface area contributed by atoms with Crippen LogP contribution in [0.2, 0.25) is 0 Å². The number of hydrogen-bond donors (Lipinski definition) is 2. The average molecular weight is 472 g/mol. The van der Waals surface area contributed by atoms with Crippen LogP contribution in [0.4, 0.5) is 5.69 Å². The molecule has 0 saturated carbocycles. The van der Waals surface area contributed by atoms with Gasteiger partial charge in [-0.25, -0.2) is 8.42 Å². The predicted octanol–water partition coefficient (Wildman–Crippen LogP) is 3.48. The molecule has 0 aliphatic carbocycles. The Balaban J connectivity index is 1.59. The van der Waals surface area contributed by atoms with Crippen molar-refractivity contribution < 1.29 is 18.0 Å². The van der Waals surface area contributed by atoms with E-state index in [1.165, 1.54) is 4.31 Å². The molecule has 178 valence electrons. The number of benzene rings is 2. The molecule has 1 aliphatic heterocycles. The Morgan fingerprint density at radius 1 is 0.970 bits per heavy atom. The first-order valence-electron chi connectivity index (χ1n) is 11.3. The zero-order valence-corrected chi connectivity index (χ0v) is 20.5. The minimum Gasteiger partial charge on any atom is -0.344 e. The van der Waals surface area contributed by atoms with Crippen LogP contribution in [0, 0.1) is 25.7 Å². The van der Waals surface area contributed by atoms with Crippen LogP contribution in [0.1, 0.15) is 37.8 Å². The Morgan fingerprint density at radius 3 is 2.18 bits per heavy atom. The first-order chi connectivity index (χ1) is 15.6. The molecule has 0 aromatic heterocycles. The zero-order chi connectivity index (χ0) is 24.2. The highest BCUT2D eigenvalue weighted by Crippen LogP contribution is 2.24. The van der Waals surface area contributed by atoms with Crippen molar-refractivity contribution in [2.24, 2.45) is 11.8 Å². The maximum absolute atomic E-state index is 12.9. The summed E-state index contributed by atoms with van der Waals surface area (Å²) in [5.41, 5.74) is 2.72. The van der Waals surface area contributed by atoms with Crippen LogP contribution in [0.3, 0.4) is 0 Å². The lowest BCUT2D eigenvalue weighted by molar-refractivity contribution is -0.130. The SMILES string of the molecule is Cc1ccc(S(=O)(=O)N2CCC(C(=O)NC(C(=O)Nc3cccc(C)c3)C(C)C)CC2)cc1. The summed E-state index contributed by atoms with van der Waals surface area (Å²) in [4.78, 5) is 26.0. The van der Waals surface area contributed by atoms with E-state index in [9.17, 15) is 18.0 Å².